The van der Waals surface area contributed by atoms with Crippen molar-refractivity contribution in [2.75, 3.05) is 13.7 Å². The molecule has 0 radical (unpaired) electrons. The third-order valence-corrected chi connectivity index (χ3v) is 4.83. The summed E-state index contributed by atoms with van der Waals surface area (Å²) >= 11 is 0. The van der Waals surface area contributed by atoms with Crippen molar-refractivity contribution in [3.63, 3.8) is 0 Å². The Kier molecular flexibility index (Phi) is 5.08. The van der Waals surface area contributed by atoms with Gasteiger partial charge in [-0.25, -0.2) is 4.79 Å². The molecular formula is C19H23N5O4. The van der Waals surface area contributed by atoms with E-state index in [1.54, 1.807) is 23.0 Å². The number of aromatic nitrogens is 2. The van der Waals surface area contributed by atoms with Gasteiger partial charge in [-0.2, -0.15) is 5.10 Å². The minimum Gasteiger partial charge on any atom is -0.497 e. The first-order chi connectivity index (χ1) is 13.3. The van der Waals surface area contributed by atoms with Crippen LogP contribution in [0.3, 0.4) is 0 Å². The summed E-state index contributed by atoms with van der Waals surface area (Å²) in [5.74, 6) is 0.326. The van der Waals surface area contributed by atoms with Crippen LogP contribution in [0, 0.1) is 0 Å². The van der Waals surface area contributed by atoms with Gasteiger partial charge in [0.15, 0.2) is 6.29 Å². The second kappa shape index (κ2) is 7.34. The fourth-order valence-corrected chi connectivity index (χ4v) is 3.30. The molecular weight excluding hydrogens is 362 g/mol. The maximum atomic E-state index is 12.9. The molecule has 2 aromatic rings. The van der Waals surface area contributed by atoms with Crippen LogP contribution < -0.4 is 15.8 Å². The summed E-state index contributed by atoms with van der Waals surface area (Å²) in [6.45, 7) is 4.12. The topological polar surface area (TPSA) is 120 Å². The van der Waals surface area contributed by atoms with Crippen LogP contribution in [0.4, 0.5) is 4.79 Å². The van der Waals surface area contributed by atoms with E-state index < -0.39 is 11.6 Å². The number of amides is 3. The average molecular weight is 385 g/mol. The van der Waals surface area contributed by atoms with Gasteiger partial charge in [-0.15, -0.1) is 0 Å². The van der Waals surface area contributed by atoms with Crippen LogP contribution in [-0.4, -0.2) is 46.6 Å². The van der Waals surface area contributed by atoms with Crippen molar-refractivity contribution in [1.82, 2.24) is 20.0 Å². The molecule has 9 nitrogen and oxygen atoms in total. The minimum atomic E-state index is -1.50. The number of methoxy groups -OCH3 is 1. The van der Waals surface area contributed by atoms with Crippen LogP contribution in [0.1, 0.15) is 41.4 Å². The number of nitrogens with two attached hydrogens (primary N) is 1. The molecule has 1 aromatic heterocycles. The molecule has 1 unspecified atom stereocenters. The lowest BCUT2D eigenvalue weighted by atomic mass is 9.93. The highest BCUT2D eigenvalue weighted by molar-refractivity contribution is 5.99. The Morgan fingerprint density at radius 1 is 1.46 bits per heavy atom. The van der Waals surface area contributed by atoms with Crippen LogP contribution in [-0.2, 0) is 16.9 Å². The summed E-state index contributed by atoms with van der Waals surface area (Å²) in [5, 5.41) is 6.75. The summed E-state index contributed by atoms with van der Waals surface area (Å²) in [4.78, 5) is 38.2. The number of hydrogen-bond donors (Lipinski definition) is 2. The van der Waals surface area contributed by atoms with Crippen molar-refractivity contribution in [2.45, 2.75) is 32.0 Å². The number of carbonyl (C=O) groups excluding carboxylic acids is 3. The quantitative estimate of drug-likeness (QED) is 0.694. The number of nitrogens with one attached hydrogen (secondary N) is 1. The monoisotopic (exact) mass is 385 g/mol. The molecule has 3 rings (SSSR count). The van der Waals surface area contributed by atoms with Gasteiger partial charge < -0.3 is 25.5 Å². The number of urea groups is 1. The predicted molar refractivity (Wildman–Crippen MR) is 101 cm³/mol. The normalized spacial score (nSPS) is 15.3. The van der Waals surface area contributed by atoms with E-state index in [4.69, 9.17) is 10.5 Å². The molecule has 0 aliphatic carbocycles. The molecule has 1 aromatic carbocycles. The molecule has 0 spiro atoms. The molecule has 1 atom stereocenters. The average Bonchev–Trinajstić information content (AvgIpc) is 3.27. The molecule has 9 heteroatoms. The fraction of sp³-hybridized carbons (Fsp3) is 0.368. The van der Waals surface area contributed by atoms with Crippen molar-refractivity contribution in [1.29, 1.82) is 0 Å². The summed E-state index contributed by atoms with van der Waals surface area (Å²) in [7, 11) is 1.53. The highest BCUT2D eigenvalue weighted by Crippen LogP contribution is 2.30. The van der Waals surface area contributed by atoms with E-state index in [0.717, 1.165) is 5.56 Å². The zero-order valence-electron chi connectivity index (χ0n) is 16.0. The zero-order valence-corrected chi connectivity index (χ0v) is 16.0. The standard InChI is InChI=1S/C19H23N5O4/c1-12(2)24-9-14(7-21-24)19(11-25,22-18(20)27)10-23-8-13-4-5-15(28-3)6-16(13)17(23)26/h4-7,9,11-12H,8,10H2,1-3H3,(H3,20,22,27). The Morgan fingerprint density at radius 2 is 2.21 bits per heavy atom. The zero-order chi connectivity index (χ0) is 20.5. The van der Waals surface area contributed by atoms with E-state index in [0.29, 0.717) is 29.7 Å². The van der Waals surface area contributed by atoms with Crippen molar-refractivity contribution >= 4 is 18.2 Å². The number of rotatable bonds is 7. The smallest absolute Gasteiger partial charge is 0.313 e. The lowest BCUT2D eigenvalue weighted by Crippen LogP contribution is -2.55. The summed E-state index contributed by atoms with van der Waals surface area (Å²) in [6, 6.07) is 4.45. The lowest BCUT2D eigenvalue weighted by Gasteiger charge is -2.32. The first-order valence-corrected chi connectivity index (χ1v) is 8.84. The number of nitrogens with zero attached hydrogens (tertiary/aromatic N) is 3. The third kappa shape index (κ3) is 3.42. The number of carbonyl (C=O) groups is 3. The molecule has 0 saturated carbocycles. The maximum Gasteiger partial charge on any atom is 0.313 e. The summed E-state index contributed by atoms with van der Waals surface area (Å²) in [5.41, 5.74) is 5.62. The number of fused-ring (bicyclic) bond motifs is 1. The van der Waals surface area contributed by atoms with Crippen molar-refractivity contribution in [3.05, 3.63) is 47.3 Å². The first-order valence-electron chi connectivity index (χ1n) is 8.84. The van der Waals surface area contributed by atoms with E-state index in [2.05, 4.69) is 10.4 Å². The molecule has 3 N–H and O–H groups in total. The van der Waals surface area contributed by atoms with Crippen LogP contribution in [0.5, 0.6) is 5.75 Å². The van der Waals surface area contributed by atoms with Gasteiger partial charge in [0.05, 0.1) is 19.9 Å². The highest BCUT2D eigenvalue weighted by atomic mass is 16.5. The Morgan fingerprint density at radius 3 is 2.79 bits per heavy atom. The van der Waals surface area contributed by atoms with Gasteiger partial charge in [0.1, 0.15) is 11.3 Å². The molecule has 3 amide bonds. The number of hydrogen-bond acceptors (Lipinski definition) is 5. The number of ether oxygens (including phenoxy) is 1. The highest BCUT2D eigenvalue weighted by Gasteiger charge is 2.40. The number of benzene rings is 1. The van der Waals surface area contributed by atoms with Crippen LogP contribution in [0.2, 0.25) is 0 Å². The number of aldehydes is 1. The lowest BCUT2D eigenvalue weighted by molar-refractivity contribution is -0.113. The van der Waals surface area contributed by atoms with Crippen molar-refractivity contribution in [2.24, 2.45) is 5.73 Å². The maximum absolute atomic E-state index is 12.9. The Balaban J connectivity index is 1.95. The molecule has 148 valence electrons. The third-order valence-electron chi connectivity index (χ3n) is 4.83. The SMILES string of the molecule is COc1ccc2c(c1)C(=O)N(CC(C=O)(NC(N)=O)c1cnn(C(C)C)c1)C2. The molecule has 0 fully saturated rings. The second-order valence-electron chi connectivity index (χ2n) is 7.07. The van der Waals surface area contributed by atoms with Crippen LogP contribution in [0.25, 0.3) is 0 Å². The molecule has 1 aliphatic heterocycles. The Bertz CT molecular complexity index is 923. The van der Waals surface area contributed by atoms with Gasteiger partial charge >= 0.3 is 6.03 Å². The van der Waals surface area contributed by atoms with Crippen LogP contribution in [0.15, 0.2) is 30.6 Å². The molecule has 0 saturated heterocycles. The van der Waals surface area contributed by atoms with Crippen molar-refractivity contribution in [3.8, 4) is 5.75 Å². The summed E-state index contributed by atoms with van der Waals surface area (Å²) < 4.78 is 6.85. The van der Waals surface area contributed by atoms with E-state index in [1.807, 2.05) is 19.9 Å². The van der Waals surface area contributed by atoms with Crippen LogP contribution >= 0.6 is 0 Å². The Hall–Kier alpha value is -3.36. The van der Waals surface area contributed by atoms with E-state index >= 15 is 0 Å². The van der Waals surface area contributed by atoms with E-state index in [-0.39, 0.29) is 18.5 Å². The second-order valence-corrected chi connectivity index (χ2v) is 7.07. The van der Waals surface area contributed by atoms with Gasteiger partial charge in [0.25, 0.3) is 5.91 Å². The predicted octanol–water partition coefficient (Wildman–Crippen LogP) is 1.19. The molecule has 2 heterocycles. The largest absolute Gasteiger partial charge is 0.497 e. The van der Waals surface area contributed by atoms with Gasteiger partial charge in [-0.05, 0) is 31.5 Å². The number of primary amides is 1. The molecule has 1 aliphatic rings. The molecule has 0 bridgehead atoms. The van der Waals surface area contributed by atoms with Gasteiger partial charge in [0, 0.05) is 29.9 Å². The Labute approximate surface area is 162 Å². The first kappa shape index (κ1) is 19.4. The fourth-order valence-electron chi connectivity index (χ4n) is 3.30. The van der Waals surface area contributed by atoms with E-state index in [9.17, 15) is 14.4 Å². The van der Waals surface area contributed by atoms with Gasteiger partial charge in [-0.3, -0.25) is 9.48 Å². The van der Waals surface area contributed by atoms with Crippen molar-refractivity contribution < 1.29 is 19.1 Å². The molecule has 28 heavy (non-hydrogen) atoms. The van der Waals surface area contributed by atoms with Gasteiger partial charge in [0.2, 0.25) is 0 Å². The van der Waals surface area contributed by atoms with Gasteiger partial charge in [-0.1, -0.05) is 6.07 Å². The van der Waals surface area contributed by atoms with E-state index in [1.165, 1.54) is 18.2 Å². The summed E-state index contributed by atoms with van der Waals surface area (Å²) in [6.07, 6.45) is 3.77. The minimum absolute atomic E-state index is 0.0665.